The number of carbonyl (C=O) groups is 1. The number of carbonyl (C=O) groups excluding carboxylic acids is 1. The van der Waals surface area contributed by atoms with Crippen molar-refractivity contribution in [2.75, 3.05) is 13.7 Å². The summed E-state index contributed by atoms with van der Waals surface area (Å²) in [4.78, 5) is 17.6. The number of amidine groups is 1. The number of hydrogen-bond acceptors (Lipinski definition) is 6. The van der Waals surface area contributed by atoms with E-state index >= 15 is 0 Å². The lowest BCUT2D eigenvalue weighted by Crippen LogP contribution is -2.19. The maximum Gasteiger partial charge on any atom is 0.264 e. The molecule has 0 spiro atoms. The molecule has 1 heterocycles. The van der Waals surface area contributed by atoms with Crippen molar-refractivity contribution in [1.29, 1.82) is 0 Å². The van der Waals surface area contributed by atoms with E-state index in [-0.39, 0.29) is 5.91 Å². The summed E-state index contributed by atoms with van der Waals surface area (Å²) in [5.41, 5.74) is 2.60. The number of methoxy groups -OCH3 is 1. The van der Waals surface area contributed by atoms with Gasteiger partial charge in [-0.1, -0.05) is 46.3 Å². The molecule has 0 bridgehead atoms. The van der Waals surface area contributed by atoms with Crippen molar-refractivity contribution >= 4 is 50.5 Å². The van der Waals surface area contributed by atoms with Crippen LogP contribution in [0.2, 0.25) is 0 Å². The fraction of sp³-hybridized carbons (Fsp3) is 0.154. The van der Waals surface area contributed by atoms with E-state index in [9.17, 15) is 4.79 Å². The van der Waals surface area contributed by atoms with Crippen LogP contribution in [0.3, 0.4) is 0 Å². The zero-order valence-electron chi connectivity index (χ0n) is 18.7. The summed E-state index contributed by atoms with van der Waals surface area (Å²) >= 11 is 4.89. The third-order valence-electron chi connectivity index (χ3n) is 4.84. The Bertz CT molecular complexity index is 1230. The fourth-order valence-electron chi connectivity index (χ4n) is 3.17. The van der Waals surface area contributed by atoms with E-state index in [1.165, 1.54) is 11.8 Å². The Kier molecular flexibility index (Phi) is 7.92. The molecule has 0 aliphatic carbocycles. The molecule has 174 valence electrons. The van der Waals surface area contributed by atoms with E-state index in [0.29, 0.717) is 34.8 Å². The van der Waals surface area contributed by atoms with Crippen LogP contribution in [0, 0.1) is 0 Å². The highest BCUT2D eigenvalue weighted by molar-refractivity contribution is 9.10. The number of benzene rings is 3. The first-order valence-electron chi connectivity index (χ1n) is 10.6. The molecule has 34 heavy (non-hydrogen) atoms. The van der Waals surface area contributed by atoms with E-state index < -0.39 is 0 Å². The number of halogens is 1. The molecule has 1 amide bonds. The molecule has 3 aromatic carbocycles. The second kappa shape index (κ2) is 11.3. The predicted octanol–water partition coefficient (Wildman–Crippen LogP) is 6.33. The number of thioether (sulfide) groups is 1. The number of nitrogens with one attached hydrogen (secondary N) is 1. The molecule has 1 saturated heterocycles. The zero-order valence-corrected chi connectivity index (χ0v) is 21.1. The first-order valence-corrected chi connectivity index (χ1v) is 12.2. The number of rotatable bonds is 8. The highest BCUT2D eigenvalue weighted by Crippen LogP contribution is 2.37. The third kappa shape index (κ3) is 6.01. The summed E-state index contributed by atoms with van der Waals surface area (Å²) < 4.78 is 17.8. The summed E-state index contributed by atoms with van der Waals surface area (Å²) in [6.07, 6.45) is 1.81. The first kappa shape index (κ1) is 23.9. The molecule has 1 fully saturated rings. The molecular weight excluding hydrogens is 516 g/mol. The lowest BCUT2D eigenvalue weighted by atomic mass is 10.1. The Morgan fingerprint density at radius 2 is 1.76 bits per heavy atom. The zero-order chi connectivity index (χ0) is 23.9. The monoisotopic (exact) mass is 538 g/mol. The highest BCUT2D eigenvalue weighted by atomic mass is 79.9. The van der Waals surface area contributed by atoms with Crippen LogP contribution in [-0.2, 0) is 11.4 Å². The van der Waals surface area contributed by atoms with Crippen LogP contribution in [0.1, 0.15) is 18.1 Å². The molecule has 0 unspecified atom stereocenters. The molecule has 0 aromatic heterocycles. The van der Waals surface area contributed by atoms with Gasteiger partial charge in [0.05, 0.1) is 24.3 Å². The van der Waals surface area contributed by atoms with Gasteiger partial charge in [0.1, 0.15) is 12.4 Å². The normalized spacial score (nSPS) is 15.4. The SMILES string of the molecule is CCOc1cc(/C=C2/SC(=Nc3ccc(OC)cc3)NC2=O)c(Br)cc1OCc1ccccc1. The smallest absolute Gasteiger partial charge is 0.264 e. The van der Waals surface area contributed by atoms with E-state index in [0.717, 1.165) is 27.0 Å². The summed E-state index contributed by atoms with van der Waals surface area (Å²) in [7, 11) is 1.61. The molecule has 1 N–H and O–H groups in total. The largest absolute Gasteiger partial charge is 0.497 e. The summed E-state index contributed by atoms with van der Waals surface area (Å²) in [5, 5.41) is 3.33. The molecule has 1 aliphatic heterocycles. The van der Waals surface area contributed by atoms with E-state index in [1.807, 2.05) is 79.7 Å². The third-order valence-corrected chi connectivity index (χ3v) is 6.44. The molecular formula is C26H23BrN2O4S. The second-order valence-electron chi connectivity index (χ2n) is 7.21. The predicted molar refractivity (Wildman–Crippen MR) is 140 cm³/mol. The van der Waals surface area contributed by atoms with Gasteiger partial charge in [0.2, 0.25) is 0 Å². The Balaban J connectivity index is 1.54. The summed E-state index contributed by atoms with van der Waals surface area (Å²) in [5.74, 6) is 1.79. The Labute approximate surface area is 211 Å². The van der Waals surface area contributed by atoms with Gasteiger partial charge in [-0.25, -0.2) is 4.99 Å². The van der Waals surface area contributed by atoms with Gasteiger partial charge in [-0.3, -0.25) is 4.79 Å². The minimum Gasteiger partial charge on any atom is -0.497 e. The lowest BCUT2D eigenvalue weighted by molar-refractivity contribution is -0.115. The van der Waals surface area contributed by atoms with Crippen molar-refractivity contribution in [1.82, 2.24) is 5.32 Å². The van der Waals surface area contributed by atoms with Crippen molar-refractivity contribution in [3.8, 4) is 17.2 Å². The van der Waals surface area contributed by atoms with Crippen LogP contribution >= 0.6 is 27.7 Å². The van der Waals surface area contributed by atoms with Crippen LogP contribution in [0.4, 0.5) is 5.69 Å². The molecule has 0 radical (unpaired) electrons. The second-order valence-corrected chi connectivity index (χ2v) is 9.09. The van der Waals surface area contributed by atoms with Gasteiger partial charge < -0.3 is 19.5 Å². The molecule has 8 heteroatoms. The van der Waals surface area contributed by atoms with Crippen molar-refractivity contribution in [2.45, 2.75) is 13.5 Å². The average Bonchev–Trinajstić information content (AvgIpc) is 3.19. The quantitative estimate of drug-likeness (QED) is 0.339. The standard InChI is InChI=1S/C26H23BrN2O4S/c1-3-32-22-13-18(21(27)15-23(22)33-16-17-7-5-4-6-8-17)14-24-25(30)29-26(34-24)28-19-9-11-20(31-2)12-10-19/h4-15H,3,16H2,1-2H3,(H,28,29,30)/b24-14+. The van der Waals surface area contributed by atoms with Crippen molar-refractivity contribution in [2.24, 2.45) is 4.99 Å². The van der Waals surface area contributed by atoms with Gasteiger partial charge in [0, 0.05) is 4.47 Å². The van der Waals surface area contributed by atoms with Crippen LogP contribution in [0.25, 0.3) is 6.08 Å². The summed E-state index contributed by atoms with van der Waals surface area (Å²) in [6.45, 7) is 2.84. The molecule has 0 atom stereocenters. The van der Waals surface area contributed by atoms with Gasteiger partial charge in [-0.2, -0.15) is 0 Å². The van der Waals surface area contributed by atoms with Crippen LogP contribution in [0.5, 0.6) is 17.2 Å². The highest BCUT2D eigenvalue weighted by Gasteiger charge is 2.24. The van der Waals surface area contributed by atoms with Crippen molar-refractivity contribution < 1.29 is 19.0 Å². The Morgan fingerprint density at radius 1 is 1.03 bits per heavy atom. The number of nitrogens with zero attached hydrogens (tertiary/aromatic N) is 1. The van der Waals surface area contributed by atoms with Gasteiger partial charge in [-0.15, -0.1) is 0 Å². The van der Waals surface area contributed by atoms with E-state index in [4.69, 9.17) is 14.2 Å². The minimum absolute atomic E-state index is 0.202. The van der Waals surface area contributed by atoms with Crippen LogP contribution in [0.15, 0.2) is 81.1 Å². The van der Waals surface area contributed by atoms with Gasteiger partial charge >= 0.3 is 0 Å². The lowest BCUT2D eigenvalue weighted by Gasteiger charge is -2.14. The molecule has 1 aliphatic rings. The number of amides is 1. The van der Waals surface area contributed by atoms with E-state index in [2.05, 4.69) is 26.2 Å². The molecule has 3 aromatic rings. The Hall–Kier alpha value is -3.23. The van der Waals surface area contributed by atoms with Crippen LogP contribution in [-0.4, -0.2) is 24.8 Å². The first-order chi connectivity index (χ1) is 16.6. The number of ether oxygens (including phenoxy) is 3. The minimum atomic E-state index is -0.202. The van der Waals surface area contributed by atoms with Gasteiger partial charge in [0.25, 0.3) is 5.91 Å². The Morgan fingerprint density at radius 3 is 2.47 bits per heavy atom. The molecule has 4 rings (SSSR count). The molecule has 6 nitrogen and oxygen atoms in total. The number of hydrogen-bond donors (Lipinski definition) is 1. The fourth-order valence-corrected chi connectivity index (χ4v) is 4.44. The van der Waals surface area contributed by atoms with Crippen molar-refractivity contribution in [3.63, 3.8) is 0 Å². The van der Waals surface area contributed by atoms with Crippen LogP contribution < -0.4 is 19.5 Å². The maximum atomic E-state index is 12.6. The topological polar surface area (TPSA) is 69.2 Å². The maximum absolute atomic E-state index is 12.6. The number of aliphatic imine (C=N–C) groups is 1. The summed E-state index contributed by atoms with van der Waals surface area (Å²) in [6, 6.07) is 21.0. The average molecular weight is 539 g/mol. The van der Waals surface area contributed by atoms with Gasteiger partial charge in [-0.05, 0) is 72.3 Å². The van der Waals surface area contributed by atoms with E-state index in [1.54, 1.807) is 7.11 Å². The molecule has 0 saturated carbocycles. The van der Waals surface area contributed by atoms with Crippen molar-refractivity contribution in [3.05, 3.63) is 87.2 Å². The van der Waals surface area contributed by atoms with Gasteiger partial charge in [0.15, 0.2) is 16.7 Å².